The van der Waals surface area contributed by atoms with Crippen LogP contribution in [0.2, 0.25) is 5.02 Å². The van der Waals surface area contributed by atoms with E-state index < -0.39 is 0 Å². The molecule has 1 N–H and O–H groups in total. The molecule has 26 heavy (non-hydrogen) atoms. The maximum Gasteiger partial charge on any atom is 0.157 e. The summed E-state index contributed by atoms with van der Waals surface area (Å²) in [6, 6.07) is 11.3. The first-order chi connectivity index (χ1) is 12.7. The second kappa shape index (κ2) is 8.45. The van der Waals surface area contributed by atoms with Crippen LogP contribution in [-0.2, 0) is 0 Å². The molecule has 1 aliphatic carbocycles. The van der Waals surface area contributed by atoms with Gasteiger partial charge in [-0.05, 0) is 48.4 Å². The van der Waals surface area contributed by atoms with Crippen molar-refractivity contribution in [1.82, 2.24) is 0 Å². The summed E-state index contributed by atoms with van der Waals surface area (Å²) in [5.74, 6) is 1.70. The minimum atomic E-state index is -0.232. The van der Waals surface area contributed by atoms with Crippen LogP contribution in [0.25, 0.3) is 0 Å². The zero-order valence-electron chi connectivity index (χ0n) is 14.8. The molecule has 3 rings (SSSR count). The van der Waals surface area contributed by atoms with Crippen molar-refractivity contribution in [2.75, 3.05) is 13.7 Å². The molecule has 0 aromatic heterocycles. The molecule has 1 saturated carbocycles. The minimum absolute atomic E-state index is 0.0992. The molecule has 1 aliphatic rings. The standard InChI is InChI=1S/C21H23ClO4/c1-25-19-9-5-4-8-16(19)15-7-3-2-6-14(15)13-26-20-11-10-18(22)21(24)17(20)12-23/h4-5,8-12,14-15,24H,2-3,6-7,13H2,1H3. The SMILES string of the molecule is COc1ccccc1C1CCCCC1COc1ccc(Cl)c(O)c1C=O. The highest BCUT2D eigenvalue weighted by Gasteiger charge is 2.29. The van der Waals surface area contributed by atoms with E-state index in [-0.39, 0.29) is 16.3 Å². The third-order valence-corrected chi connectivity index (χ3v) is 5.45. The predicted molar refractivity (Wildman–Crippen MR) is 102 cm³/mol. The molecule has 4 nitrogen and oxygen atoms in total. The van der Waals surface area contributed by atoms with Crippen LogP contribution in [0.15, 0.2) is 36.4 Å². The van der Waals surface area contributed by atoms with Gasteiger partial charge in [0.25, 0.3) is 0 Å². The zero-order chi connectivity index (χ0) is 18.5. The van der Waals surface area contributed by atoms with Gasteiger partial charge >= 0.3 is 0 Å². The number of rotatable bonds is 6. The Kier molecular flexibility index (Phi) is 6.04. The van der Waals surface area contributed by atoms with Crippen LogP contribution in [0.5, 0.6) is 17.2 Å². The van der Waals surface area contributed by atoms with Gasteiger partial charge < -0.3 is 14.6 Å². The first-order valence-electron chi connectivity index (χ1n) is 8.88. The maximum atomic E-state index is 11.3. The second-order valence-corrected chi connectivity index (χ2v) is 7.04. The van der Waals surface area contributed by atoms with Gasteiger partial charge in [-0.2, -0.15) is 0 Å². The summed E-state index contributed by atoms with van der Waals surface area (Å²) >= 11 is 5.87. The molecule has 0 bridgehead atoms. The fraction of sp³-hybridized carbons (Fsp3) is 0.381. The van der Waals surface area contributed by atoms with E-state index in [4.69, 9.17) is 21.1 Å². The van der Waals surface area contributed by atoms with Gasteiger partial charge in [0.2, 0.25) is 0 Å². The lowest BCUT2D eigenvalue weighted by Gasteiger charge is -2.32. The number of aldehydes is 1. The summed E-state index contributed by atoms with van der Waals surface area (Å²) in [4.78, 5) is 11.3. The Hall–Kier alpha value is -2.20. The molecule has 0 saturated heterocycles. The van der Waals surface area contributed by atoms with Gasteiger partial charge in [0.05, 0.1) is 24.3 Å². The van der Waals surface area contributed by atoms with Crippen LogP contribution < -0.4 is 9.47 Å². The number of hydrogen-bond donors (Lipinski definition) is 1. The average Bonchev–Trinajstić information content (AvgIpc) is 2.69. The average molecular weight is 375 g/mol. The van der Waals surface area contributed by atoms with Gasteiger partial charge in [0.15, 0.2) is 6.29 Å². The summed E-state index contributed by atoms with van der Waals surface area (Å²) in [6.07, 6.45) is 5.06. The molecule has 0 amide bonds. The quantitative estimate of drug-likeness (QED) is 0.704. The van der Waals surface area contributed by atoms with E-state index in [1.165, 1.54) is 18.1 Å². The highest BCUT2D eigenvalue weighted by Crippen LogP contribution is 2.42. The third kappa shape index (κ3) is 3.80. The van der Waals surface area contributed by atoms with E-state index in [0.717, 1.165) is 25.0 Å². The molecule has 0 aliphatic heterocycles. The van der Waals surface area contributed by atoms with Crippen LogP contribution in [0.4, 0.5) is 0 Å². The van der Waals surface area contributed by atoms with E-state index in [1.807, 2.05) is 18.2 Å². The van der Waals surface area contributed by atoms with Crippen molar-refractivity contribution < 1.29 is 19.4 Å². The molecule has 138 valence electrons. The van der Waals surface area contributed by atoms with E-state index in [0.29, 0.717) is 30.5 Å². The van der Waals surface area contributed by atoms with Crippen LogP contribution in [0.1, 0.15) is 47.5 Å². The molecular formula is C21H23ClO4. The van der Waals surface area contributed by atoms with Crippen LogP contribution in [-0.4, -0.2) is 25.1 Å². The van der Waals surface area contributed by atoms with Crippen LogP contribution in [0.3, 0.4) is 0 Å². The molecule has 2 aromatic rings. The summed E-state index contributed by atoms with van der Waals surface area (Å²) in [7, 11) is 1.69. The van der Waals surface area contributed by atoms with Crippen molar-refractivity contribution in [2.24, 2.45) is 5.92 Å². The van der Waals surface area contributed by atoms with Crippen molar-refractivity contribution in [3.05, 3.63) is 52.5 Å². The number of carbonyl (C=O) groups is 1. The zero-order valence-corrected chi connectivity index (χ0v) is 15.5. The lowest BCUT2D eigenvalue weighted by molar-refractivity contribution is 0.111. The lowest BCUT2D eigenvalue weighted by atomic mass is 9.75. The largest absolute Gasteiger partial charge is 0.505 e. The van der Waals surface area contributed by atoms with Gasteiger partial charge in [-0.25, -0.2) is 0 Å². The van der Waals surface area contributed by atoms with Gasteiger partial charge in [0.1, 0.15) is 17.2 Å². The van der Waals surface area contributed by atoms with E-state index >= 15 is 0 Å². The smallest absolute Gasteiger partial charge is 0.157 e. The number of aromatic hydroxyl groups is 1. The summed E-state index contributed by atoms with van der Waals surface area (Å²) in [5, 5.41) is 10.1. The molecule has 0 spiro atoms. The Morgan fingerprint density at radius 3 is 2.69 bits per heavy atom. The molecule has 5 heteroatoms. The third-order valence-electron chi connectivity index (χ3n) is 5.15. The Morgan fingerprint density at radius 2 is 1.92 bits per heavy atom. The Balaban J connectivity index is 1.80. The predicted octanol–water partition coefficient (Wildman–Crippen LogP) is 5.22. The molecule has 0 radical (unpaired) electrons. The van der Waals surface area contributed by atoms with E-state index in [1.54, 1.807) is 13.2 Å². The number of halogens is 1. The van der Waals surface area contributed by atoms with Crippen molar-refractivity contribution in [3.63, 3.8) is 0 Å². The van der Waals surface area contributed by atoms with E-state index in [9.17, 15) is 9.90 Å². The van der Waals surface area contributed by atoms with Gasteiger partial charge in [-0.1, -0.05) is 42.6 Å². The number of hydrogen-bond acceptors (Lipinski definition) is 4. The number of phenols is 1. The van der Waals surface area contributed by atoms with Gasteiger partial charge in [-0.3, -0.25) is 4.79 Å². The number of methoxy groups -OCH3 is 1. The van der Waals surface area contributed by atoms with Crippen molar-refractivity contribution in [1.29, 1.82) is 0 Å². The van der Waals surface area contributed by atoms with Crippen LogP contribution in [0, 0.1) is 5.92 Å². The molecular weight excluding hydrogens is 352 g/mol. The summed E-state index contributed by atoms with van der Waals surface area (Å²) in [5.41, 5.74) is 1.31. The first kappa shape index (κ1) is 18.6. The minimum Gasteiger partial charge on any atom is -0.505 e. The Morgan fingerprint density at radius 1 is 1.15 bits per heavy atom. The first-order valence-corrected chi connectivity index (χ1v) is 9.25. The normalized spacial score (nSPS) is 19.8. The number of para-hydroxylation sites is 1. The number of phenolic OH excluding ortho intramolecular Hbond substituents is 1. The molecule has 1 fully saturated rings. The van der Waals surface area contributed by atoms with Crippen molar-refractivity contribution in [3.8, 4) is 17.2 Å². The number of carbonyl (C=O) groups excluding carboxylic acids is 1. The van der Waals surface area contributed by atoms with Gasteiger partial charge in [0, 0.05) is 0 Å². The highest BCUT2D eigenvalue weighted by molar-refractivity contribution is 6.32. The summed E-state index contributed by atoms with van der Waals surface area (Å²) < 4.78 is 11.5. The van der Waals surface area contributed by atoms with E-state index in [2.05, 4.69) is 6.07 Å². The number of ether oxygens (including phenoxy) is 2. The molecule has 2 unspecified atom stereocenters. The van der Waals surface area contributed by atoms with Crippen molar-refractivity contribution in [2.45, 2.75) is 31.6 Å². The fourth-order valence-corrected chi connectivity index (χ4v) is 3.95. The Bertz CT molecular complexity index is 775. The van der Waals surface area contributed by atoms with Gasteiger partial charge in [-0.15, -0.1) is 0 Å². The van der Waals surface area contributed by atoms with Crippen LogP contribution >= 0.6 is 11.6 Å². The maximum absolute atomic E-state index is 11.3. The van der Waals surface area contributed by atoms with Crippen molar-refractivity contribution >= 4 is 17.9 Å². The number of benzene rings is 2. The lowest BCUT2D eigenvalue weighted by Crippen LogP contribution is -2.24. The fourth-order valence-electron chi connectivity index (χ4n) is 3.79. The Labute approximate surface area is 158 Å². The topological polar surface area (TPSA) is 55.8 Å². The molecule has 2 aromatic carbocycles. The molecule has 0 heterocycles. The monoisotopic (exact) mass is 374 g/mol. The highest BCUT2D eigenvalue weighted by atomic mass is 35.5. The second-order valence-electron chi connectivity index (χ2n) is 6.63. The molecule has 2 atom stereocenters. The summed E-state index contributed by atoms with van der Waals surface area (Å²) in [6.45, 7) is 0.477.